The Labute approximate surface area is 222 Å². The predicted octanol–water partition coefficient (Wildman–Crippen LogP) is 4.27. The van der Waals surface area contributed by atoms with Crippen molar-refractivity contribution in [1.29, 1.82) is 0 Å². The smallest absolute Gasteiger partial charge is 0.316 e. The van der Waals surface area contributed by atoms with Crippen molar-refractivity contribution in [2.24, 2.45) is 5.41 Å². The highest BCUT2D eigenvalue weighted by Gasteiger charge is 2.54. The molecule has 1 aromatic heterocycles. The molecule has 1 fully saturated rings. The van der Waals surface area contributed by atoms with Crippen LogP contribution in [0, 0.1) is 26.2 Å². The number of aliphatic hydroxyl groups excluding tert-OH is 2. The first-order chi connectivity index (χ1) is 18.2. The lowest BCUT2D eigenvalue weighted by Crippen LogP contribution is -2.22. The monoisotopic (exact) mass is 518 g/mol. The van der Waals surface area contributed by atoms with Gasteiger partial charge in [0.2, 0.25) is 0 Å². The van der Waals surface area contributed by atoms with E-state index in [1.807, 2.05) is 38.1 Å². The highest BCUT2D eigenvalue weighted by Crippen LogP contribution is 2.64. The minimum absolute atomic E-state index is 0.0789. The highest BCUT2D eigenvalue weighted by atomic mass is 16.5. The van der Waals surface area contributed by atoms with Gasteiger partial charge in [0.15, 0.2) is 0 Å². The molecule has 2 aromatic carbocycles. The summed E-state index contributed by atoms with van der Waals surface area (Å²) in [6.45, 7) is 5.80. The minimum atomic E-state index is -0.982. The van der Waals surface area contributed by atoms with E-state index in [2.05, 4.69) is 29.0 Å². The number of hydrogen-bond donors (Lipinski definition) is 3. The van der Waals surface area contributed by atoms with Crippen LogP contribution in [-0.4, -0.2) is 50.6 Å². The molecule has 2 aliphatic carbocycles. The van der Waals surface area contributed by atoms with Crippen molar-refractivity contribution in [2.75, 3.05) is 13.2 Å². The molecule has 8 heteroatoms. The van der Waals surface area contributed by atoms with Crippen molar-refractivity contribution < 1.29 is 29.6 Å². The third-order valence-electron chi connectivity index (χ3n) is 8.02. The van der Waals surface area contributed by atoms with E-state index in [4.69, 9.17) is 14.6 Å². The van der Waals surface area contributed by atoms with Crippen LogP contribution >= 0.6 is 0 Å². The van der Waals surface area contributed by atoms with Gasteiger partial charge >= 0.3 is 12.0 Å². The van der Waals surface area contributed by atoms with Crippen molar-refractivity contribution in [3.05, 3.63) is 70.0 Å². The minimum Gasteiger partial charge on any atom is -0.489 e. The molecule has 2 aliphatic rings. The van der Waals surface area contributed by atoms with Crippen LogP contribution in [0.5, 0.6) is 11.8 Å². The molecule has 1 heterocycles. The first kappa shape index (κ1) is 26.1. The fourth-order valence-electron chi connectivity index (χ4n) is 5.82. The first-order valence-electron chi connectivity index (χ1n) is 13.0. The number of carboxylic acids is 1. The van der Waals surface area contributed by atoms with E-state index in [0.29, 0.717) is 6.61 Å². The maximum absolute atomic E-state index is 11.4. The number of ether oxygens (including phenoxy) is 2. The fraction of sp³-hybridized carbons (Fsp3) is 0.433. The Morgan fingerprint density at radius 2 is 1.84 bits per heavy atom. The number of aliphatic carboxylic acids is 1. The summed E-state index contributed by atoms with van der Waals surface area (Å²) >= 11 is 0. The van der Waals surface area contributed by atoms with E-state index in [-0.39, 0.29) is 37.0 Å². The fourth-order valence-corrected chi connectivity index (χ4v) is 5.82. The predicted molar refractivity (Wildman–Crippen MR) is 141 cm³/mol. The van der Waals surface area contributed by atoms with Crippen LogP contribution in [0.2, 0.25) is 0 Å². The van der Waals surface area contributed by atoms with E-state index in [9.17, 15) is 15.0 Å². The standard InChI is InChI=1S/C30H34N2O6/c1-17-20(5-4-6-24(17)28-18(2)31-29(32-19(28)3)38-16-22(34)14-33)15-37-23-7-8-25-21(11-23)13-30(9-10-30)26(25)12-27(35)36/h4-8,11,22,26,33-34H,9-10,12-16H2,1-3H3,(H,35,36)/t22-,26?/m1/s1. The van der Waals surface area contributed by atoms with E-state index in [0.717, 1.165) is 58.7 Å². The van der Waals surface area contributed by atoms with E-state index < -0.39 is 12.1 Å². The molecular weight excluding hydrogens is 484 g/mol. The van der Waals surface area contributed by atoms with Crippen LogP contribution in [0.4, 0.5) is 0 Å². The van der Waals surface area contributed by atoms with Gasteiger partial charge in [0.05, 0.1) is 24.4 Å². The van der Waals surface area contributed by atoms with Crippen LogP contribution < -0.4 is 9.47 Å². The van der Waals surface area contributed by atoms with Crippen molar-refractivity contribution in [1.82, 2.24) is 9.97 Å². The summed E-state index contributed by atoms with van der Waals surface area (Å²) in [6, 6.07) is 12.4. The number of hydrogen-bond acceptors (Lipinski definition) is 7. The summed E-state index contributed by atoms with van der Waals surface area (Å²) in [7, 11) is 0. The molecule has 0 radical (unpaired) electrons. The number of aliphatic hydroxyl groups is 2. The van der Waals surface area contributed by atoms with Crippen LogP contribution in [0.15, 0.2) is 36.4 Å². The summed E-state index contributed by atoms with van der Waals surface area (Å²) in [5, 5.41) is 27.9. The molecule has 1 unspecified atom stereocenters. The second-order valence-electron chi connectivity index (χ2n) is 10.6. The van der Waals surface area contributed by atoms with Gasteiger partial charge < -0.3 is 24.8 Å². The third-order valence-corrected chi connectivity index (χ3v) is 8.02. The molecule has 0 amide bonds. The number of carbonyl (C=O) groups is 1. The van der Waals surface area contributed by atoms with Crippen LogP contribution in [0.25, 0.3) is 11.1 Å². The van der Waals surface area contributed by atoms with Gasteiger partial charge in [-0.2, -0.15) is 9.97 Å². The lowest BCUT2D eigenvalue weighted by atomic mass is 9.87. The Morgan fingerprint density at radius 3 is 2.50 bits per heavy atom. The molecule has 1 spiro atoms. The second kappa shape index (κ2) is 10.3. The van der Waals surface area contributed by atoms with Gasteiger partial charge in [-0.3, -0.25) is 4.79 Å². The van der Waals surface area contributed by atoms with Crippen molar-refractivity contribution >= 4 is 5.97 Å². The number of rotatable bonds is 10. The molecule has 0 saturated heterocycles. The van der Waals surface area contributed by atoms with Gasteiger partial charge in [-0.15, -0.1) is 0 Å². The molecule has 0 aliphatic heterocycles. The molecule has 2 atom stereocenters. The normalized spacial score (nSPS) is 17.8. The Bertz CT molecular complexity index is 1340. The van der Waals surface area contributed by atoms with E-state index in [1.165, 1.54) is 11.1 Å². The number of carboxylic acid groups (broad SMARTS) is 1. The third kappa shape index (κ3) is 5.11. The molecule has 3 aromatic rings. The van der Waals surface area contributed by atoms with Gasteiger partial charge in [-0.25, -0.2) is 0 Å². The number of aromatic nitrogens is 2. The topological polar surface area (TPSA) is 122 Å². The van der Waals surface area contributed by atoms with E-state index in [1.54, 1.807) is 0 Å². The molecule has 0 bridgehead atoms. The number of benzene rings is 2. The van der Waals surface area contributed by atoms with Crippen LogP contribution in [0.1, 0.15) is 58.8 Å². The van der Waals surface area contributed by atoms with Crippen molar-refractivity contribution in [3.8, 4) is 22.9 Å². The molecule has 3 N–H and O–H groups in total. The number of fused-ring (bicyclic) bond motifs is 1. The summed E-state index contributed by atoms with van der Waals surface area (Å²) in [5.41, 5.74) is 8.11. The summed E-state index contributed by atoms with van der Waals surface area (Å²) in [6.07, 6.45) is 2.34. The maximum Gasteiger partial charge on any atom is 0.316 e. The summed E-state index contributed by atoms with van der Waals surface area (Å²) in [4.78, 5) is 20.4. The first-order valence-corrected chi connectivity index (χ1v) is 13.0. The van der Waals surface area contributed by atoms with Gasteiger partial charge in [0.25, 0.3) is 0 Å². The van der Waals surface area contributed by atoms with E-state index >= 15 is 0 Å². The lowest BCUT2D eigenvalue weighted by molar-refractivity contribution is -0.137. The average molecular weight is 519 g/mol. The Balaban J connectivity index is 1.33. The maximum atomic E-state index is 11.4. The summed E-state index contributed by atoms with van der Waals surface area (Å²) in [5.74, 6) is 0.166. The van der Waals surface area contributed by atoms with Gasteiger partial charge in [-0.05, 0) is 85.4 Å². The zero-order valence-corrected chi connectivity index (χ0v) is 22.0. The zero-order chi connectivity index (χ0) is 27.0. The molecular formula is C30H34N2O6. The van der Waals surface area contributed by atoms with Gasteiger partial charge in [0.1, 0.15) is 25.1 Å². The Kier molecular flexibility index (Phi) is 7.11. The quantitative estimate of drug-likeness (QED) is 0.364. The zero-order valence-electron chi connectivity index (χ0n) is 22.0. The molecule has 5 rings (SSSR count). The van der Waals surface area contributed by atoms with Crippen molar-refractivity contribution in [2.45, 2.75) is 65.1 Å². The van der Waals surface area contributed by atoms with Gasteiger partial charge in [0, 0.05) is 11.5 Å². The summed E-state index contributed by atoms with van der Waals surface area (Å²) < 4.78 is 11.7. The Hall–Kier alpha value is -3.49. The molecule has 200 valence electrons. The van der Waals surface area contributed by atoms with Crippen LogP contribution in [-0.2, 0) is 17.8 Å². The average Bonchev–Trinajstić information content (AvgIpc) is 3.59. The Morgan fingerprint density at radius 1 is 1.11 bits per heavy atom. The SMILES string of the molecule is Cc1nc(OC[C@H](O)CO)nc(C)c1-c1cccc(COc2ccc3c(c2)CC2(CC2)C3CC(=O)O)c1C. The van der Waals surface area contributed by atoms with Gasteiger partial charge in [-0.1, -0.05) is 24.3 Å². The number of nitrogens with zero attached hydrogens (tertiary/aromatic N) is 2. The lowest BCUT2D eigenvalue weighted by Gasteiger charge is -2.17. The largest absolute Gasteiger partial charge is 0.489 e. The van der Waals surface area contributed by atoms with Crippen LogP contribution in [0.3, 0.4) is 0 Å². The second-order valence-corrected chi connectivity index (χ2v) is 10.6. The molecule has 1 saturated carbocycles. The van der Waals surface area contributed by atoms with Crippen molar-refractivity contribution in [3.63, 3.8) is 0 Å². The number of aryl methyl sites for hydroxylation is 2. The highest BCUT2D eigenvalue weighted by molar-refractivity contribution is 5.72. The molecule has 38 heavy (non-hydrogen) atoms. The molecule has 8 nitrogen and oxygen atoms in total.